The Bertz CT molecular complexity index is 524. The van der Waals surface area contributed by atoms with Gasteiger partial charge in [-0.2, -0.15) is 21.6 Å². The monoisotopic (exact) mass is 346 g/mol. The van der Waals surface area contributed by atoms with Gasteiger partial charge in [0.15, 0.2) is 0 Å². The molecule has 1 aliphatic heterocycles. The molecule has 0 amide bonds. The van der Waals surface area contributed by atoms with E-state index in [9.17, 15) is 21.6 Å². The quantitative estimate of drug-likeness (QED) is 0.181. The van der Waals surface area contributed by atoms with Crippen molar-refractivity contribution >= 4 is 10.1 Å². The minimum atomic E-state index is -5.70. The van der Waals surface area contributed by atoms with E-state index in [-0.39, 0.29) is 17.4 Å². The molecule has 12 heteroatoms. The van der Waals surface area contributed by atoms with Crippen LogP contribution in [0.4, 0.5) is 13.2 Å². The zero-order chi connectivity index (χ0) is 17.0. The van der Waals surface area contributed by atoms with Crippen molar-refractivity contribution in [2.45, 2.75) is 18.2 Å². The maximum Gasteiger partial charge on any atom is 0.523 e. The third kappa shape index (κ3) is 4.71. The van der Waals surface area contributed by atoms with Crippen LogP contribution in [0.3, 0.4) is 0 Å². The molecule has 0 aromatic rings. The standard InChI is InChI=1S/C10H19F3N5O3S/c1-17-5-7-18(2,8-6-17)9(3-4-15-16-14)21-22(19,20)10(11,12)13/h9H,3-8H2,1-2H3/q+1. The number of nitrogens with zero attached hydrogens (tertiary/aromatic N) is 5. The normalized spacial score (nSPS) is 21.1. The average molecular weight is 346 g/mol. The van der Waals surface area contributed by atoms with Gasteiger partial charge in [0.05, 0.1) is 20.1 Å². The van der Waals surface area contributed by atoms with Crippen molar-refractivity contribution in [3.63, 3.8) is 0 Å². The van der Waals surface area contributed by atoms with Crippen molar-refractivity contribution in [3.05, 3.63) is 10.4 Å². The van der Waals surface area contributed by atoms with Gasteiger partial charge >= 0.3 is 15.6 Å². The molecule has 0 spiro atoms. The molecular formula is C10H19F3N5O3S+. The molecule has 22 heavy (non-hydrogen) atoms. The third-order valence-electron chi connectivity index (χ3n) is 3.74. The fourth-order valence-corrected chi connectivity index (χ4v) is 2.89. The van der Waals surface area contributed by atoms with Crippen LogP contribution in [-0.4, -0.2) is 76.4 Å². The number of likely N-dealkylation sites (N-methyl/N-ethyl adjacent to an activating group) is 2. The van der Waals surface area contributed by atoms with Gasteiger partial charge in [-0.1, -0.05) is 5.11 Å². The number of quaternary nitrogens is 1. The van der Waals surface area contributed by atoms with Gasteiger partial charge in [0, 0.05) is 31.0 Å². The van der Waals surface area contributed by atoms with Crippen molar-refractivity contribution in [2.24, 2.45) is 5.11 Å². The highest BCUT2D eigenvalue weighted by molar-refractivity contribution is 7.87. The van der Waals surface area contributed by atoms with Crippen LogP contribution < -0.4 is 0 Å². The highest BCUT2D eigenvalue weighted by Gasteiger charge is 2.51. The summed E-state index contributed by atoms with van der Waals surface area (Å²) in [5.41, 5.74) is 2.78. The summed E-state index contributed by atoms with van der Waals surface area (Å²) in [4.78, 5) is 4.50. The van der Waals surface area contributed by atoms with E-state index in [1.807, 2.05) is 11.9 Å². The number of hydrogen-bond acceptors (Lipinski definition) is 5. The molecule has 1 atom stereocenters. The number of alkyl halides is 3. The van der Waals surface area contributed by atoms with Crippen molar-refractivity contribution < 1.29 is 30.3 Å². The Morgan fingerprint density at radius 1 is 1.41 bits per heavy atom. The second-order valence-electron chi connectivity index (χ2n) is 5.42. The van der Waals surface area contributed by atoms with Gasteiger partial charge in [-0.25, -0.2) is 4.18 Å². The summed E-state index contributed by atoms with van der Waals surface area (Å²) in [6.07, 6.45) is -1.36. The highest BCUT2D eigenvalue weighted by Crippen LogP contribution is 2.29. The zero-order valence-electron chi connectivity index (χ0n) is 12.3. The molecule has 1 fully saturated rings. The summed E-state index contributed by atoms with van der Waals surface area (Å²) < 4.78 is 64.6. The SMILES string of the molecule is CN1CC[N+](C)(C(CCN=[N+]=[N-])OS(=O)(=O)C(F)(F)F)CC1. The predicted molar refractivity (Wildman–Crippen MR) is 71.9 cm³/mol. The fraction of sp³-hybridized carbons (Fsp3) is 1.00. The second-order valence-corrected chi connectivity index (χ2v) is 6.99. The van der Waals surface area contributed by atoms with Crippen LogP contribution in [0, 0.1) is 0 Å². The molecule has 0 aromatic heterocycles. The molecule has 0 bridgehead atoms. The zero-order valence-corrected chi connectivity index (χ0v) is 13.1. The average Bonchev–Trinajstić information content (AvgIpc) is 2.40. The Balaban J connectivity index is 2.95. The summed E-state index contributed by atoms with van der Waals surface area (Å²) in [7, 11) is -2.19. The van der Waals surface area contributed by atoms with Crippen LogP contribution in [0.25, 0.3) is 10.4 Å². The first kappa shape index (κ1) is 19.0. The first-order valence-corrected chi connectivity index (χ1v) is 7.96. The van der Waals surface area contributed by atoms with Crippen LogP contribution in [0.1, 0.15) is 6.42 Å². The molecule has 128 valence electrons. The molecule has 8 nitrogen and oxygen atoms in total. The smallest absolute Gasteiger partial charge is 0.298 e. The maximum atomic E-state index is 12.5. The van der Waals surface area contributed by atoms with E-state index in [0.717, 1.165) is 0 Å². The summed E-state index contributed by atoms with van der Waals surface area (Å²) in [6.45, 7) is 1.93. The van der Waals surface area contributed by atoms with Crippen LogP contribution in [0.2, 0.25) is 0 Å². The Labute approximate surface area is 126 Å². The van der Waals surface area contributed by atoms with E-state index in [0.29, 0.717) is 26.2 Å². The number of hydrogen-bond donors (Lipinski definition) is 0. The first-order chi connectivity index (χ1) is 10.0. The first-order valence-electron chi connectivity index (χ1n) is 6.55. The summed E-state index contributed by atoms with van der Waals surface area (Å²) >= 11 is 0. The lowest BCUT2D eigenvalue weighted by Gasteiger charge is -2.45. The van der Waals surface area contributed by atoms with Gasteiger partial charge in [-0.3, -0.25) is 9.38 Å². The van der Waals surface area contributed by atoms with E-state index in [1.165, 1.54) is 0 Å². The van der Waals surface area contributed by atoms with Crippen LogP contribution in [-0.2, 0) is 14.3 Å². The number of rotatable bonds is 6. The minimum absolute atomic E-state index is 0.0145. The molecule has 1 heterocycles. The minimum Gasteiger partial charge on any atom is -0.298 e. The lowest BCUT2D eigenvalue weighted by molar-refractivity contribution is -0.954. The van der Waals surface area contributed by atoms with Crippen LogP contribution >= 0.6 is 0 Å². The largest absolute Gasteiger partial charge is 0.523 e. The lowest BCUT2D eigenvalue weighted by atomic mass is 10.2. The molecule has 1 aliphatic rings. The molecule has 1 saturated heterocycles. The van der Waals surface area contributed by atoms with E-state index >= 15 is 0 Å². The van der Waals surface area contributed by atoms with Crippen molar-refractivity contribution in [1.82, 2.24) is 4.90 Å². The Morgan fingerprint density at radius 2 is 1.95 bits per heavy atom. The van der Waals surface area contributed by atoms with Crippen molar-refractivity contribution in [2.75, 3.05) is 46.8 Å². The van der Waals surface area contributed by atoms with Crippen molar-refractivity contribution in [1.29, 1.82) is 0 Å². The van der Waals surface area contributed by atoms with Gasteiger partial charge < -0.3 is 0 Å². The Hall–Kier alpha value is -1.07. The molecule has 0 N–H and O–H groups in total. The highest BCUT2D eigenvalue weighted by atomic mass is 32.2. The van der Waals surface area contributed by atoms with Gasteiger partial charge in [-0.05, 0) is 12.6 Å². The molecular weight excluding hydrogens is 327 g/mol. The van der Waals surface area contributed by atoms with Crippen LogP contribution in [0.15, 0.2) is 5.11 Å². The summed E-state index contributed by atoms with van der Waals surface area (Å²) in [5, 5.41) is 3.25. The summed E-state index contributed by atoms with van der Waals surface area (Å²) in [5.74, 6) is 0. The molecule has 0 aromatic carbocycles. The molecule has 1 rings (SSSR count). The van der Waals surface area contributed by atoms with Gasteiger partial charge in [0.1, 0.15) is 0 Å². The van der Waals surface area contributed by atoms with Crippen molar-refractivity contribution in [3.8, 4) is 0 Å². The molecule has 0 saturated carbocycles. The topological polar surface area (TPSA) is 95.4 Å². The second kappa shape index (κ2) is 7.01. The number of piperazine rings is 1. The Morgan fingerprint density at radius 3 is 2.41 bits per heavy atom. The van der Waals surface area contributed by atoms with E-state index < -0.39 is 21.9 Å². The fourth-order valence-electron chi connectivity index (χ4n) is 2.19. The molecule has 0 aliphatic carbocycles. The van der Waals surface area contributed by atoms with Gasteiger partial charge in [-0.15, -0.1) is 0 Å². The van der Waals surface area contributed by atoms with E-state index in [1.54, 1.807) is 7.05 Å². The lowest BCUT2D eigenvalue weighted by Crippen LogP contribution is -2.62. The van der Waals surface area contributed by atoms with Crippen LogP contribution in [0.5, 0.6) is 0 Å². The van der Waals surface area contributed by atoms with Gasteiger partial charge in [0.25, 0.3) is 0 Å². The summed E-state index contributed by atoms with van der Waals surface area (Å²) in [6, 6.07) is 0. The Kier molecular flexibility index (Phi) is 6.04. The molecule has 0 radical (unpaired) electrons. The number of azide groups is 1. The predicted octanol–water partition coefficient (Wildman–Crippen LogP) is 1.27. The van der Waals surface area contributed by atoms with E-state index in [2.05, 4.69) is 14.2 Å². The third-order valence-corrected chi connectivity index (χ3v) is 4.78. The molecule has 1 unspecified atom stereocenters. The maximum absolute atomic E-state index is 12.5. The number of halogens is 3. The van der Waals surface area contributed by atoms with Gasteiger partial charge in [0.2, 0.25) is 6.23 Å². The van der Waals surface area contributed by atoms with E-state index in [4.69, 9.17) is 5.53 Å².